The van der Waals surface area contributed by atoms with E-state index in [0.717, 1.165) is 23.1 Å². The van der Waals surface area contributed by atoms with Crippen molar-refractivity contribution in [3.63, 3.8) is 0 Å². The Labute approximate surface area is 171 Å². The zero-order valence-electron chi connectivity index (χ0n) is 16.5. The second kappa shape index (κ2) is 11.4. The molecule has 6 heteroatoms. The van der Waals surface area contributed by atoms with E-state index in [9.17, 15) is 4.79 Å². The van der Waals surface area contributed by atoms with Gasteiger partial charge < -0.3 is 19.5 Å². The highest BCUT2D eigenvalue weighted by Crippen LogP contribution is 2.36. The van der Waals surface area contributed by atoms with Crippen LogP contribution in [0, 0.1) is 0 Å². The lowest BCUT2D eigenvalue weighted by molar-refractivity contribution is -0.116. The summed E-state index contributed by atoms with van der Waals surface area (Å²) in [7, 11) is 3.22. The SMILES string of the molecule is CCCOc1c(Cl)cc(/C=C/C(=O)NCc2ccc(COC)cc2)cc1OC. The predicted octanol–water partition coefficient (Wildman–Crippen LogP) is 4.61. The van der Waals surface area contributed by atoms with Crippen LogP contribution in [0.2, 0.25) is 5.02 Å². The molecule has 1 amide bonds. The van der Waals surface area contributed by atoms with Crippen LogP contribution in [0.25, 0.3) is 6.08 Å². The van der Waals surface area contributed by atoms with Gasteiger partial charge in [-0.1, -0.05) is 42.8 Å². The molecule has 150 valence electrons. The van der Waals surface area contributed by atoms with Crippen LogP contribution in [0.4, 0.5) is 0 Å². The first-order chi connectivity index (χ1) is 13.6. The van der Waals surface area contributed by atoms with E-state index < -0.39 is 0 Å². The number of halogens is 1. The number of ether oxygens (including phenoxy) is 3. The normalized spacial score (nSPS) is 10.9. The third-order valence-electron chi connectivity index (χ3n) is 3.93. The van der Waals surface area contributed by atoms with Gasteiger partial charge >= 0.3 is 0 Å². The summed E-state index contributed by atoms with van der Waals surface area (Å²) in [6, 6.07) is 11.4. The van der Waals surface area contributed by atoms with Gasteiger partial charge in [0, 0.05) is 19.7 Å². The fourth-order valence-electron chi connectivity index (χ4n) is 2.52. The summed E-state index contributed by atoms with van der Waals surface area (Å²) in [5.74, 6) is 0.865. The van der Waals surface area contributed by atoms with Crippen molar-refractivity contribution in [1.82, 2.24) is 5.32 Å². The lowest BCUT2D eigenvalue weighted by Crippen LogP contribution is -2.20. The molecular formula is C22H26ClNO4. The van der Waals surface area contributed by atoms with Gasteiger partial charge in [-0.2, -0.15) is 0 Å². The van der Waals surface area contributed by atoms with E-state index in [4.69, 9.17) is 25.8 Å². The second-order valence-corrected chi connectivity index (χ2v) is 6.59. The van der Waals surface area contributed by atoms with E-state index in [1.54, 1.807) is 32.4 Å². The molecular weight excluding hydrogens is 378 g/mol. The molecule has 0 radical (unpaired) electrons. The van der Waals surface area contributed by atoms with Crippen molar-refractivity contribution < 1.29 is 19.0 Å². The summed E-state index contributed by atoms with van der Waals surface area (Å²) in [5.41, 5.74) is 2.86. The number of benzene rings is 2. The summed E-state index contributed by atoms with van der Waals surface area (Å²) >= 11 is 6.29. The molecule has 0 heterocycles. The van der Waals surface area contributed by atoms with Gasteiger partial charge in [0.15, 0.2) is 11.5 Å². The molecule has 0 aromatic heterocycles. The molecule has 0 aliphatic carbocycles. The Morgan fingerprint density at radius 2 is 1.86 bits per heavy atom. The van der Waals surface area contributed by atoms with E-state index in [2.05, 4.69) is 5.32 Å². The van der Waals surface area contributed by atoms with Crippen molar-refractivity contribution in [3.8, 4) is 11.5 Å². The van der Waals surface area contributed by atoms with Crippen molar-refractivity contribution in [2.45, 2.75) is 26.5 Å². The predicted molar refractivity (Wildman–Crippen MR) is 112 cm³/mol. The van der Waals surface area contributed by atoms with Crippen molar-refractivity contribution in [2.24, 2.45) is 0 Å². The Kier molecular flexibility index (Phi) is 8.85. The van der Waals surface area contributed by atoms with Gasteiger partial charge in [-0.3, -0.25) is 4.79 Å². The first kappa shape index (κ1) is 21.8. The molecule has 2 rings (SSSR count). The fourth-order valence-corrected chi connectivity index (χ4v) is 2.79. The van der Waals surface area contributed by atoms with Gasteiger partial charge in [-0.15, -0.1) is 0 Å². The van der Waals surface area contributed by atoms with Crippen molar-refractivity contribution >= 4 is 23.6 Å². The van der Waals surface area contributed by atoms with E-state index in [0.29, 0.717) is 36.3 Å². The van der Waals surface area contributed by atoms with Crippen molar-refractivity contribution in [3.05, 3.63) is 64.2 Å². The number of hydrogen-bond donors (Lipinski definition) is 1. The monoisotopic (exact) mass is 403 g/mol. The summed E-state index contributed by atoms with van der Waals surface area (Å²) < 4.78 is 16.1. The topological polar surface area (TPSA) is 56.8 Å². The van der Waals surface area contributed by atoms with Gasteiger partial charge in [-0.05, 0) is 41.3 Å². The van der Waals surface area contributed by atoms with Crippen LogP contribution in [0.15, 0.2) is 42.5 Å². The smallest absolute Gasteiger partial charge is 0.244 e. The molecule has 0 bridgehead atoms. The van der Waals surface area contributed by atoms with Gasteiger partial charge in [0.2, 0.25) is 5.91 Å². The van der Waals surface area contributed by atoms with Crippen LogP contribution in [-0.2, 0) is 22.7 Å². The number of carbonyl (C=O) groups is 1. The molecule has 28 heavy (non-hydrogen) atoms. The lowest BCUT2D eigenvalue weighted by atomic mass is 10.1. The number of amides is 1. The van der Waals surface area contributed by atoms with Gasteiger partial charge in [0.1, 0.15) is 0 Å². The molecule has 0 saturated carbocycles. The van der Waals surface area contributed by atoms with Crippen LogP contribution < -0.4 is 14.8 Å². The van der Waals surface area contributed by atoms with Crippen LogP contribution in [0.3, 0.4) is 0 Å². The molecule has 0 spiro atoms. The standard InChI is InChI=1S/C22H26ClNO4/c1-4-11-28-22-19(23)12-18(13-20(22)27-3)9-10-21(25)24-14-16-5-7-17(8-6-16)15-26-2/h5-10,12-13H,4,11,14-15H2,1-3H3,(H,24,25)/b10-9+. The molecule has 2 aromatic rings. The molecule has 0 unspecified atom stereocenters. The molecule has 0 aliphatic rings. The number of carbonyl (C=O) groups excluding carboxylic acids is 1. The highest BCUT2D eigenvalue weighted by molar-refractivity contribution is 6.32. The van der Waals surface area contributed by atoms with Crippen molar-refractivity contribution in [2.75, 3.05) is 20.8 Å². The van der Waals surface area contributed by atoms with Crippen LogP contribution in [-0.4, -0.2) is 26.7 Å². The summed E-state index contributed by atoms with van der Waals surface area (Å²) in [6.07, 6.45) is 4.03. The van der Waals surface area contributed by atoms with E-state index in [-0.39, 0.29) is 5.91 Å². The molecule has 0 aliphatic heterocycles. The Hall–Kier alpha value is -2.50. The number of nitrogens with one attached hydrogen (secondary N) is 1. The van der Waals surface area contributed by atoms with Gasteiger partial charge in [-0.25, -0.2) is 0 Å². The Bertz CT molecular complexity index is 803. The maximum absolute atomic E-state index is 12.1. The molecule has 5 nitrogen and oxygen atoms in total. The average molecular weight is 404 g/mol. The third-order valence-corrected chi connectivity index (χ3v) is 4.21. The average Bonchev–Trinajstić information content (AvgIpc) is 2.70. The number of hydrogen-bond acceptors (Lipinski definition) is 4. The first-order valence-electron chi connectivity index (χ1n) is 9.10. The van der Waals surface area contributed by atoms with Gasteiger partial charge in [0.25, 0.3) is 0 Å². The summed E-state index contributed by atoms with van der Waals surface area (Å²) in [4.78, 5) is 12.1. The lowest BCUT2D eigenvalue weighted by Gasteiger charge is -2.12. The molecule has 1 N–H and O–H groups in total. The summed E-state index contributed by atoms with van der Waals surface area (Å²) in [5, 5.41) is 3.31. The molecule has 0 atom stereocenters. The molecule has 0 saturated heterocycles. The highest BCUT2D eigenvalue weighted by atomic mass is 35.5. The number of methoxy groups -OCH3 is 2. The van der Waals surface area contributed by atoms with E-state index in [1.165, 1.54) is 6.08 Å². The molecule has 0 fully saturated rings. The maximum Gasteiger partial charge on any atom is 0.244 e. The van der Waals surface area contributed by atoms with Crippen LogP contribution >= 0.6 is 11.6 Å². The van der Waals surface area contributed by atoms with E-state index in [1.807, 2.05) is 31.2 Å². The Morgan fingerprint density at radius 3 is 2.50 bits per heavy atom. The zero-order valence-corrected chi connectivity index (χ0v) is 17.2. The Balaban J connectivity index is 1.96. The van der Waals surface area contributed by atoms with Crippen molar-refractivity contribution in [1.29, 1.82) is 0 Å². The minimum atomic E-state index is -0.192. The van der Waals surface area contributed by atoms with E-state index >= 15 is 0 Å². The molecule has 2 aromatic carbocycles. The minimum Gasteiger partial charge on any atom is -0.493 e. The maximum atomic E-state index is 12.1. The summed E-state index contributed by atoms with van der Waals surface area (Å²) in [6.45, 7) is 3.60. The highest BCUT2D eigenvalue weighted by Gasteiger charge is 2.11. The number of rotatable bonds is 10. The van der Waals surface area contributed by atoms with Crippen LogP contribution in [0.5, 0.6) is 11.5 Å². The van der Waals surface area contributed by atoms with Gasteiger partial charge in [0.05, 0.1) is 25.3 Å². The first-order valence-corrected chi connectivity index (χ1v) is 9.48. The quantitative estimate of drug-likeness (QED) is 0.588. The fraction of sp³-hybridized carbons (Fsp3) is 0.318. The van der Waals surface area contributed by atoms with Crippen LogP contribution in [0.1, 0.15) is 30.0 Å². The zero-order chi connectivity index (χ0) is 20.4. The largest absolute Gasteiger partial charge is 0.493 e. The Morgan fingerprint density at radius 1 is 1.14 bits per heavy atom. The second-order valence-electron chi connectivity index (χ2n) is 6.18. The minimum absolute atomic E-state index is 0.192. The third kappa shape index (κ3) is 6.59.